The molecule has 3 aromatic heterocycles. The van der Waals surface area contributed by atoms with E-state index in [2.05, 4.69) is 77.4 Å². The van der Waals surface area contributed by atoms with Crippen LogP contribution in [0.1, 0.15) is 6.85 Å². The zero-order chi connectivity index (χ0) is 37.4. The smallest absolute Gasteiger partial charge is 0.238 e. The van der Waals surface area contributed by atoms with E-state index >= 15 is 0 Å². The van der Waals surface area contributed by atoms with Gasteiger partial charge in [0.2, 0.25) is 5.95 Å². The standard InChI is InChI=1S/C45H29N5/c1-4-15-30(16-5-1)33-21-14-22-34(29-33)49-39-26-13-11-24-37(39)41-40(49)28-27-36-35-23-10-12-25-38(35)50(42(36)41)45-47-43(31-17-6-2-7-18-31)46-44(48-45)32-19-8-3-9-20-32/h1-29H/i2D,6D,7D,17D,18D. The third-order valence-corrected chi connectivity index (χ3v) is 9.26. The molecule has 10 rings (SSSR count). The highest BCUT2D eigenvalue weighted by Gasteiger charge is 2.23. The monoisotopic (exact) mass is 644 g/mol. The molecule has 0 N–H and O–H groups in total. The van der Waals surface area contributed by atoms with E-state index in [4.69, 9.17) is 21.8 Å². The van der Waals surface area contributed by atoms with Crippen LogP contribution >= 0.6 is 0 Å². The van der Waals surface area contributed by atoms with E-state index in [1.165, 1.54) is 0 Å². The first-order chi connectivity index (χ1) is 26.9. The van der Waals surface area contributed by atoms with E-state index in [1.54, 1.807) is 0 Å². The van der Waals surface area contributed by atoms with Crippen LogP contribution in [0, 0.1) is 0 Å². The first-order valence-corrected chi connectivity index (χ1v) is 16.4. The highest BCUT2D eigenvalue weighted by atomic mass is 15.2. The van der Waals surface area contributed by atoms with Crippen molar-refractivity contribution in [2.45, 2.75) is 0 Å². The average molecular weight is 645 g/mol. The Bertz CT molecular complexity index is 3130. The Morgan fingerprint density at radius 1 is 0.420 bits per heavy atom. The second-order valence-electron chi connectivity index (χ2n) is 12.1. The van der Waals surface area contributed by atoms with Gasteiger partial charge in [0, 0.05) is 38.4 Å². The van der Waals surface area contributed by atoms with Gasteiger partial charge < -0.3 is 4.57 Å². The Morgan fingerprint density at radius 3 is 1.80 bits per heavy atom. The Labute approximate surface area is 295 Å². The van der Waals surface area contributed by atoms with Crippen LogP contribution in [-0.2, 0) is 0 Å². The second kappa shape index (κ2) is 11.4. The lowest BCUT2D eigenvalue weighted by Crippen LogP contribution is -2.06. The van der Waals surface area contributed by atoms with Crippen molar-refractivity contribution in [2.75, 3.05) is 0 Å². The fourth-order valence-corrected chi connectivity index (χ4v) is 7.10. The van der Waals surface area contributed by atoms with E-state index in [0.717, 1.165) is 60.4 Å². The van der Waals surface area contributed by atoms with Crippen molar-refractivity contribution in [1.29, 1.82) is 0 Å². The summed E-state index contributed by atoms with van der Waals surface area (Å²) in [7, 11) is 0. The number of rotatable bonds is 5. The molecule has 0 radical (unpaired) electrons. The number of aromatic nitrogens is 5. The largest absolute Gasteiger partial charge is 0.309 e. The summed E-state index contributed by atoms with van der Waals surface area (Å²) in [6.07, 6.45) is 0. The van der Waals surface area contributed by atoms with E-state index in [9.17, 15) is 0 Å². The Hall–Kier alpha value is -6.85. The lowest BCUT2D eigenvalue weighted by Gasteiger charge is -2.12. The van der Waals surface area contributed by atoms with Gasteiger partial charge in [-0.15, -0.1) is 0 Å². The zero-order valence-electron chi connectivity index (χ0n) is 31.6. The number of hydrogen-bond acceptors (Lipinski definition) is 3. The molecule has 0 aliphatic rings. The molecule has 5 nitrogen and oxygen atoms in total. The quantitative estimate of drug-likeness (QED) is 0.187. The molecule has 50 heavy (non-hydrogen) atoms. The minimum Gasteiger partial charge on any atom is -0.309 e. The summed E-state index contributed by atoms with van der Waals surface area (Å²) in [6.45, 7) is 0. The SMILES string of the molecule is [2H]c1c([2H])c([2H])c(-c2nc(-c3ccccc3)nc(-n3c4ccccc4c4ccc5c(c6ccccc6n5-c5cccc(-c6ccccc6)c5)c43)n2)c([2H])c1[2H]. The van der Waals surface area contributed by atoms with Crippen LogP contribution in [-0.4, -0.2) is 24.1 Å². The van der Waals surface area contributed by atoms with Crippen molar-refractivity contribution >= 4 is 43.6 Å². The molecule has 0 aliphatic carbocycles. The molecule has 3 heterocycles. The zero-order valence-corrected chi connectivity index (χ0v) is 26.6. The molecule has 5 heteroatoms. The van der Waals surface area contributed by atoms with Crippen LogP contribution in [0.4, 0.5) is 0 Å². The maximum atomic E-state index is 8.83. The Kier molecular flexibility index (Phi) is 5.35. The number of fused-ring (bicyclic) bond motifs is 7. The van der Waals surface area contributed by atoms with Crippen molar-refractivity contribution in [3.8, 4) is 45.5 Å². The fourth-order valence-electron chi connectivity index (χ4n) is 7.10. The van der Waals surface area contributed by atoms with E-state index in [0.29, 0.717) is 11.4 Å². The molecule has 7 aromatic carbocycles. The molecule has 0 amide bonds. The van der Waals surface area contributed by atoms with Gasteiger partial charge in [-0.3, -0.25) is 4.57 Å². The molecular weight excluding hydrogens is 611 g/mol. The van der Waals surface area contributed by atoms with E-state index < -0.39 is 18.1 Å². The predicted molar refractivity (Wildman–Crippen MR) is 205 cm³/mol. The number of para-hydroxylation sites is 2. The first kappa shape index (κ1) is 23.5. The third-order valence-electron chi connectivity index (χ3n) is 9.26. The first-order valence-electron chi connectivity index (χ1n) is 18.9. The summed E-state index contributed by atoms with van der Waals surface area (Å²) in [5, 5.41) is 4.03. The molecular formula is C45H29N5. The maximum Gasteiger partial charge on any atom is 0.238 e. The van der Waals surface area contributed by atoms with Crippen molar-refractivity contribution in [3.63, 3.8) is 0 Å². The van der Waals surface area contributed by atoms with Gasteiger partial charge in [-0.25, -0.2) is 4.98 Å². The molecule has 0 bridgehead atoms. The van der Waals surface area contributed by atoms with Crippen molar-refractivity contribution in [1.82, 2.24) is 24.1 Å². The summed E-state index contributed by atoms with van der Waals surface area (Å²) in [5.41, 5.74) is 7.62. The van der Waals surface area contributed by atoms with Gasteiger partial charge >= 0.3 is 0 Å². The third kappa shape index (κ3) is 4.45. The van der Waals surface area contributed by atoms with Gasteiger partial charge in [-0.1, -0.05) is 145 Å². The molecule has 0 aliphatic heterocycles. The van der Waals surface area contributed by atoms with E-state index in [1.807, 2.05) is 77.4 Å². The second-order valence-corrected chi connectivity index (χ2v) is 12.1. The van der Waals surface area contributed by atoms with Crippen LogP contribution in [0.15, 0.2) is 176 Å². The van der Waals surface area contributed by atoms with Crippen LogP contribution < -0.4 is 0 Å². The topological polar surface area (TPSA) is 48.5 Å². The van der Waals surface area contributed by atoms with Crippen LogP contribution in [0.2, 0.25) is 0 Å². The number of hydrogen-bond donors (Lipinski definition) is 0. The molecule has 10 aromatic rings. The summed E-state index contributed by atoms with van der Waals surface area (Å²) < 4.78 is 47.0. The van der Waals surface area contributed by atoms with Crippen LogP contribution in [0.5, 0.6) is 0 Å². The molecule has 234 valence electrons. The fraction of sp³-hybridized carbons (Fsp3) is 0. The van der Waals surface area contributed by atoms with Crippen LogP contribution in [0.3, 0.4) is 0 Å². The molecule has 0 fully saturated rings. The van der Waals surface area contributed by atoms with Gasteiger partial charge in [0.25, 0.3) is 0 Å². The molecule has 0 saturated carbocycles. The Morgan fingerprint density at radius 2 is 1.04 bits per heavy atom. The molecule has 0 unspecified atom stereocenters. The van der Waals surface area contributed by atoms with Gasteiger partial charge in [0.15, 0.2) is 11.6 Å². The summed E-state index contributed by atoms with van der Waals surface area (Å²) in [6, 6.07) is 46.9. The number of nitrogens with zero attached hydrogens (tertiary/aromatic N) is 5. The van der Waals surface area contributed by atoms with Gasteiger partial charge in [-0.05, 0) is 41.5 Å². The Balaban J connectivity index is 1.33. The summed E-state index contributed by atoms with van der Waals surface area (Å²) in [4.78, 5) is 14.8. The lowest BCUT2D eigenvalue weighted by molar-refractivity contribution is 0.955. The molecule has 0 spiro atoms. The molecule has 0 atom stereocenters. The highest BCUT2D eigenvalue weighted by Crippen LogP contribution is 2.42. The van der Waals surface area contributed by atoms with Gasteiger partial charge in [-0.2, -0.15) is 9.97 Å². The van der Waals surface area contributed by atoms with Crippen molar-refractivity contribution < 1.29 is 6.85 Å². The summed E-state index contributed by atoms with van der Waals surface area (Å²) >= 11 is 0. The van der Waals surface area contributed by atoms with Crippen molar-refractivity contribution in [2.24, 2.45) is 0 Å². The van der Waals surface area contributed by atoms with Gasteiger partial charge in [0.05, 0.1) is 28.9 Å². The minimum absolute atomic E-state index is 0.0147. The van der Waals surface area contributed by atoms with Crippen molar-refractivity contribution in [3.05, 3.63) is 176 Å². The predicted octanol–water partition coefficient (Wildman–Crippen LogP) is 11.1. The lowest BCUT2D eigenvalue weighted by atomic mass is 10.1. The minimum atomic E-state index is -0.480. The summed E-state index contributed by atoms with van der Waals surface area (Å²) in [5.74, 6) is 0.557. The van der Waals surface area contributed by atoms with Crippen LogP contribution in [0.25, 0.3) is 89.2 Å². The van der Waals surface area contributed by atoms with E-state index in [-0.39, 0.29) is 29.4 Å². The number of benzene rings is 7. The van der Waals surface area contributed by atoms with Gasteiger partial charge in [0.1, 0.15) is 0 Å². The normalized spacial score (nSPS) is 13.0. The average Bonchev–Trinajstić information content (AvgIpc) is 3.76. The highest BCUT2D eigenvalue weighted by molar-refractivity contribution is 6.26. The molecule has 0 saturated heterocycles. The maximum absolute atomic E-state index is 8.83.